The van der Waals surface area contributed by atoms with Gasteiger partial charge in [0.15, 0.2) is 0 Å². The molecule has 3 rings (SSSR count). The molecule has 0 fully saturated rings. The van der Waals surface area contributed by atoms with Crippen molar-refractivity contribution in [2.45, 2.75) is 77.6 Å². The van der Waals surface area contributed by atoms with E-state index in [1.165, 1.54) is 80.1 Å². The Balaban J connectivity index is 0.00000261. The number of fused-ring (bicyclic) bond motifs is 2. The third kappa shape index (κ3) is 5.75. The zero-order chi connectivity index (χ0) is 18.2. The molecule has 4 heteroatoms. The molecule has 0 spiro atoms. The summed E-state index contributed by atoms with van der Waals surface area (Å²) >= 11 is 0. The first-order valence-electron chi connectivity index (χ1n) is 10.6. The van der Waals surface area contributed by atoms with E-state index >= 15 is 0 Å². The van der Waals surface area contributed by atoms with Crippen molar-refractivity contribution < 1.29 is 4.74 Å². The van der Waals surface area contributed by atoms with Crippen molar-refractivity contribution in [3.8, 4) is 5.75 Å². The van der Waals surface area contributed by atoms with E-state index in [4.69, 9.17) is 9.72 Å². The number of anilines is 1. The first-order chi connectivity index (χ1) is 12.8. The molecule has 1 aromatic carbocycles. The van der Waals surface area contributed by atoms with Gasteiger partial charge in [0.05, 0.1) is 12.6 Å². The fraction of sp³-hybridized carbons (Fsp3) is 0.609. The number of aryl methyl sites for hydroxylation is 1. The van der Waals surface area contributed by atoms with Gasteiger partial charge in [-0.05, 0) is 55.9 Å². The van der Waals surface area contributed by atoms with Crippen LogP contribution in [0.25, 0.3) is 10.9 Å². The van der Waals surface area contributed by atoms with Gasteiger partial charge in [-0.25, -0.2) is 0 Å². The number of ether oxygens (including phenoxy) is 1. The molecule has 27 heavy (non-hydrogen) atoms. The first kappa shape index (κ1) is 21.8. The summed E-state index contributed by atoms with van der Waals surface area (Å²) in [5.41, 5.74) is 5.15. The molecular weight excluding hydrogens is 356 g/mol. The number of halogens is 1. The maximum Gasteiger partial charge on any atom is 0.119 e. The minimum absolute atomic E-state index is 0. The number of rotatable bonds is 10. The van der Waals surface area contributed by atoms with E-state index in [2.05, 4.69) is 24.4 Å². The summed E-state index contributed by atoms with van der Waals surface area (Å²) in [6, 6.07) is 6.26. The third-order valence-corrected chi connectivity index (χ3v) is 5.55. The second-order valence-corrected chi connectivity index (χ2v) is 7.55. The van der Waals surface area contributed by atoms with Gasteiger partial charge in [-0.15, -0.1) is 12.4 Å². The average molecular weight is 391 g/mol. The average Bonchev–Trinajstić information content (AvgIpc) is 2.69. The third-order valence-electron chi connectivity index (χ3n) is 5.55. The number of unbranched alkanes of at least 4 members (excludes halogenated alkanes) is 6. The van der Waals surface area contributed by atoms with Gasteiger partial charge < -0.3 is 10.1 Å². The van der Waals surface area contributed by atoms with Crippen LogP contribution >= 0.6 is 12.4 Å². The van der Waals surface area contributed by atoms with Crippen molar-refractivity contribution in [1.29, 1.82) is 0 Å². The van der Waals surface area contributed by atoms with Crippen LogP contribution in [0.4, 0.5) is 5.69 Å². The largest absolute Gasteiger partial charge is 0.497 e. The molecule has 0 atom stereocenters. The molecule has 1 N–H and O–H groups in total. The molecule has 0 amide bonds. The summed E-state index contributed by atoms with van der Waals surface area (Å²) in [5.74, 6) is 0.911. The molecule has 1 heterocycles. The predicted molar refractivity (Wildman–Crippen MR) is 119 cm³/mol. The molecule has 0 bridgehead atoms. The Hall–Kier alpha value is -1.48. The number of hydrogen-bond donors (Lipinski definition) is 1. The Labute approximate surface area is 170 Å². The summed E-state index contributed by atoms with van der Waals surface area (Å²) in [5, 5.41) is 4.99. The molecule has 1 aliphatic rings. The van der Waals surface area contributed by atoms with Crippen molar-refractivity contribution in [3.05, 3.63) is 29.5 Å². The molecule has 0 saturated heterocycles. The van der Waals surface area contributed by atoms with E-state index in [1.54, 1.807) is 7.11 Å². The van der Waals surface area contributed by atoms with Gasteiger partial charge in [-0.2, -0.15) is 0 Å². The van der Waals surface area contributed by atoms with Gasteiger partial charge in [0, 0.05) is 23.3 Å². The number of hydrogen-bond acceptors (Lipinski definition) is 3. The lowest BCUT2D eigenvalue weighted by atomic mass is 9.92. The van der Waals surface area contributed by atoms with Crippen LogP contribution < -0.4 is 10.1 Å². The topological polar surface area (TPSA) is 34.2 Å². The number of pyridine rings is 1. The number of nitrogens with one attached hydrogen (secondary N) is 1. The van der Waals surface area contributed by atoms with Crippen LogP contribution in [0.1, 0.15) is 76.0 Å². The van der Waals surface area contributed by atoms with E-state index in [9.17, 15) is 0 Å². The zero-order valence-corrected chi connectivity index (χ0v) is 17.8. The standard InChI is InChI=1S/C23H34N2O.ClH/c1-3-4-5-6-7-8-11-16-24-23-19-12-9-10-13-21(19)25-22-15-14-18(26-2)17-20(22)23;/h14-15,17H,3-13,16H2,1-2H3,(H,24,25);1H. The van der Waals surface area contributed by atoms with E-state index in [1.807, 2.05) is 6.07 Å². The molecule has 0 aliphatic heterocycles. The monoisotopic (exact) mass is 390 g/mol. The lowest BCUT2D eigenvalue weighted by Gasteiger charge is -2.22. The maximum atomic E-state index is 5.46. The highest BCUT2D eigenvalue weighted by molar-refractivity contribution is 5.94. The van der Waals surface area contributed by atoms with E-state index in [0.29, 0.717) is 0 Å². The molecule has 0 unspecified atom stereocenters. The Morgan fingerprint density at radius 1 is 1.00 bits per heavy atom. The van der Waals surface area contributed by atoms with E-state index in [0.717, 1.165) is 30.7 Å². The van der Waals surface area contributed by atoms with Crippen LogP contribution in [0.5, 0.6) is 5.75 Å². The van der Waals surface area contributed by atoms with Crippen LogP contribution in [-0.4, -0.2) is 18.6 Å². The van der Waals surface area contributed by atoms with Crippen molar-refractivity contribution in [2.75, 3.05) is 19.0 Å². The highest BCUT2D eigenvalue weighted by Gasteiger charge is 2.18. The lowest BCUT2D eigenvalue weighted by Crippen LogP contribution is -2.12. The minimum Gasteiger partial charge on any atom is -0.497 e. The molecule has 1 aliphatic carbocycles. The molecule has 2 aromatic rings. The van der Waals surface area contributed by atoms with Gasteiger partial charge in [0.2, 0.25) is 0 Å². The number of aromatic nitrogens is 1. The Bertz CT molecular complexity index is 717. The summed E-state index contributed by atoms with van der Waals surface area (Å²) in [4.78, 5) is 4.94. The van der Waals surface area contributed by atoms with Crippen LogP contribution in [0, 0.1) is 0 Å². The van der Waals surface area contributed by atoms with Gasteiger partial charge in [-0.3, -0.25) is 4.98 Å². The normalized spacial score (nSPS) is 13.1. The second kappa shape index (κ2) is 11.4. The maximum absolute atomic E-state index is 5.46. The molecule has 0 saturated carbocycles. The number of benzene rings is 1. The van der Waals surface area contributed by atoms with Crippen LogP contribution in [-0.2, 0) is 12.8 Å². The molecule has 3 nitrogen and oxygen atoms in total. The van der Waals surface area contributed by atoms with Crippen LogP contribution in [0.3, 0.4) is 0 Å². The molecule has 150 valence electrons. The zero-order valence-electron chi connectivity index (χ0n) is 17.0. The van der Waals surface area contributed by atoms with Gasteiger partial charge in [0.25, 0.3) is 0 Å². The summed E-state index contributed by atoms with van der Waals surface area (Å²) < 4.78 is 5.46. The van der Waals surface area contributed by atoms with Crippen molar-refractivity contribution in [3.63, 3.8) is 0 Å². The molecule has 0 radical (unpaired) electrons. The minimum atomic E-state index is 0. The highest BCUT2D eigenvalue weighted by Crippen LogP contribution is 2.35. The summed E-state index contributed by atoms with van der Waals surface area (Å²) in [6.45, 7) is 3.33. The SMILES string of the molecule is CCCCCCCCCNc1c2c(nc3ccc(OC)cc13)CCCC2.Cl. The van der Waals surface area contributed by atoms with Gasteiger partial charge >= 0.3 is 0 Å². The fourth-order valence-corrected chi connectivity index (χ4v) is 4.03. The van der Waals surface area contributed by atoms with Crippen molar-refractivity contribution >= 4 is 29.0 Å². The van der Waals surface area contributed by atoms with Crippen molar-refractivity contribution in [2.24, 2.45) is 0 Å². The van der Waals surface area contributed by atoms with Crippen LogP contribution in [0.2, 0.25) is 0 Å². The quantitative estimate of drug-likeness (QED) is 0.458. The van der Waals surface area contributed by atoms with Gasteiger partial charge in [-0.1, -0.05) is 45.4 Å². The van der Waals surface area contributed by atoms with Gasteiger partial charge in [0.1, 0.15) is 5.75 Å². The summed E-state index contributed by atoms with van der Waals surface area (Å²) in [7, 11) is 1.73. The van der Waals surface area contributed by atoms with Crippen molar-refractivity contribution in [1.82, 2.24) is 4.98 Å². The molecule has 1 aromatic heterocycles. The summed E-state index contributed by atoms with van der Waals surface area (Å²) in [6.07, 6.45) is 14.2. The number of nitrogens with zero attached hydrogens (tertiary/aromatic N) is 1. The first-order valence-corrected chi connectivity index (χ1v) is 10.6. The Morgan fingerprint density at radius 2 is 1.74 bits per heavy atom. The fourth-order valence-electron chi connectivity index (χ4n) is 4.03. The highest BCUT2D eigenvalue weighted by atomic mass is 35.5. The molecular formula is C23H35ClN2O. The van der Waals surface area contributed by atoms with E-state index in [-0.39, 0.29) is 12.4 Å². The number of methoxy groups -OCH3 is 1. The lowest BCUT2D eigenvalue weighted by molar-refractivity contribution is 0.415. The Kier molecular flexibility index (Phi) is 9.20. The second-order valence-electron chi connectivity index (χ2n) is 7.55. The Morgan fingerprint density at radius 3 is 2.52 bits per heavy atom. The van der Waals surface area contributed by atoms with Crippen LogP contribution in [0.15, 0.2) is 18.2 Å². The predicted octanol–water partition coefficient (Wildman–Crippen LogP) is 6.71. The van der Waals surface area contributed by atoms with E-state index < -0.39 is 0 Å². The smallest absolute Gasteiger partial charge is 0.119 e.